The summed E-state index contributed by atoms with van der Waals surface area (Å²) in [5, 5.41) is 7.65. The lowest BCUT2D eigenvalue weighted by Gasteiger charge is -2.11. The quantitative estimate of drug-likeness (QED) is 0.755. The van der Waals surface area contributed by atoms with Gasteiger partial charge in [0.15, 0.2) is 12.4 Å². The van der Waals surface area contributed by atoms with Gasteiger partial charge in [0.05, 0.1) is 6.61 Å². The lowest BCUT2D eigenvalue weighted by Crippen LogP contribution is -2.19. The first-order valence-corrected chi connectivity index (χ1v) is 6.97. The van der Waals surface area contributed by atoms with E-state index >= 15 is 0 Å². The maximum absolute atomic E-state index is 6.03. The first-order valence-electron chi connectivity index (χ1n) is 6.59. The third-order valence-corrected chi connectivity index (χ3v) is 2.98. The normalized spacial score (nSPS) is 10.8. The van der Waals surface area contributed by atoms with Gasteiger partial charge in [-0.25, -0.2) is 0 Å². The molecule has 0 fully saturated rings. The number of methoxy groups -OCH3 is 1. The van der Waals surface area contributed by atoms with Gasteiger partial charge < -0.3 is 19.3 Å². The first-order chi connectivity index (χ1) is 10.2. The van der Waals surface area contributed by atoms with E-state index in [9.17, 15) is 0 Å². The number of nitrogens with one attached hydrogen (secondary N) is 1. The van der Waals surface area contributed by atoms with Gasteiger partial charge in [-0.05, 0) is 25.1 Å². The molecule has 0 saturated carbocycles. The molecule has 0 saturated heterocycles. The summed E-state index contributed by atoms with van der Waals surface area (Å²) < 4.78 is 15.7. The molecule has 0 atom stereocenters. The number of nitrogens with zero attached hydrogens (tertiary/aromatic N) is 2. The van der Waals surface area contributed by atoms with E-state index in [1.807, 2.05) is 12.1 Å². The molecule has 1 N–H and O–H groups in total. The molecule has 0 aliphatic heterocycles. The highest BCUT2D eigenvalue weighted by Gasteiger charge is 2.08. The minimum atomic E-state index is 0.230. The molecule has 0 bridgehead atoms. The summed E-state index contributed by atoms with van der Waals surface area (Å²) in [6.45, 7) is 4.04. The van der Waals surface area contributed by atoms with Crippen molar-refractivity contribution in [3.63, 3.8) is 0 Å². The average molecular weight is 312 g/mol. The summed E-state index contributed by atoms with van der Waals surface area (Å²) in [5.74, 6) is 1.77. The van der Waals surface area contributed by atoms with Gasteiger partial charge in [0.1, 0.15) is 5.75 Å². The molecule has 0 unspecified atom stereocenters. The molecule has 0 amide bonds. The topological polar surface area (TPSA) is 69.4 Å². The molecule has 2 aromatic rings. The highest BCUT2D eigenvalue weighted by molar-refractivity contribution is 6.30. The van der Waals surface area contributed by atoms with Crippen molar-refractivity contribution in [2.24, 2.45) is 0 Å². The van der Waals surface area contributed by atoms with Crippen molar-refractivity contribution >= 4 is 11.6 Å². The van der Waals surface area contributed by atoms with E-state index in [2.05, 4.69) is 15.5 Å². The highest BCUT2D eigenvalue weighted by atomic mass is 35.5. The van der Waals surface area contributed by atoms with Crippen LogP contribution in [-0.4, -0.2) is 30.4 Å². The molecule has 1 aromatic carbocycles. The summed E-state index contributed by atoms with van der Waals surface area (Å²) in [6.07, 6.45) is 0. The molecule has 0 radical (unpaired) electrons. The SMILES string of the molecule is COCCNCc1cc(Cl)ccc1OCc1nc(C)no1. The number of hydrogen-bond donors (Lipinski definition) is 1. The van der Waals surface area contributed by atoms with Crippen LogP contribution in [0, 0.1) is 6.92 Å². The van der Waals surface area contributed by atoms with Crippen LogP contribution in [0.1, 0.15) is 17.3 Å². The number of hydrogen-bond acceptors (Lipinski definition) is 6. The Morgan fingerprint density at radius 2 is 2.24 bits per heavy atom. The molecule has 0 aliphatic rings. The van der Waals surface area contributed by atoms with Crippen LogP contribution in [0.3, 0.4) is 0 Å². The number of benzene rings is 1. The summed E-state index contributed by atoms with van der Waals surface area (Å²) in [7, 11) is 1.67. The Morgan fingerprint density at radius 3 is 2.95 bits per heavy atom. The summed E-state index contributed by atoms with van der Waals surface area (Å²) in [4.78, 5) is 4.10. The van der Waals surface area contributed by atoms with Crippen LogP contribution in [0.15, 0.2) is 22.7 Å². The molecular formula is C14H18ClN3O3. The molecule has 0 aliphatic carbocycles. The smallest absolute Gasteiger partial charge is 0.264 e. The number of aryl methyl sites for hydroxylation is 1. The Balaban J connectivity index is 1.97. The van der Waals surface area contributed by atoms with E-state index in [1.54, 1.807) is 20.1 Å². The Hall–Kier alpha value is -1.63. The number of rotatable bonds is 8. The van der Waals surface area contributed by atoms with Crippen molar-refractivity contribution in [3.05, 3.63) is 40.5 Å². The fraction of sp³-hybridized carbons (Fsp3) is 0.429. The Morgan fingerprint density at radius 1 is 1.38 bits per heavy atom. The fourth-order valence-electron chi connectivity index (χ4n) is 1.76. The predicted molar refractivity (Wildman–Crippen MR) is 78.4 cm³/mol. The monoisotopic (exact) mass is 311 g/mol. The largest absolute Gasteiger partial charge is 0.483 e. The van der Waals surface area contributed by atoms with Gasteiger partial charge in [-0.15, -0.1) is 0 Å². The van der Waals surface area contributed by atoms with E-state index in [-0.39, 0.29) is 6.61 Å². The number of aromatic nitrogens is 2. The van der Waals surface area contributed by atoms with Crippen LogP contribution in [0.5, 0.6) is 5.75 Å². The summed E-state index contributed by atoms with van der Waals surface area (Å²) in [5.41, 5.74) is 0.967. The van der Waals surface area contributed by atoms with Gasteiger partial charge >= 0.3 is 0 Å². The van der Waals surface area contributed by atoms with Gasteiger partial charge in [-0.1, -0.05) is 16.8 Å². The van der Waals surface area contributed by atoms with Crippen LogP contribution in [0.2, 0.25) is 5.02 Å². The van der Waals surface area contributed by atoms with Crippen molar-refractivity contribution in [2.45, 2.75) is 20.1 Å². The van der Waals surface area contributed by atoms with E-state index in [0.29, 0.717) is 29.9 Å². The Kier molecular flexibility index (Phi) is 5.98. The maximum Gasteiger partial charge on any atom is 0.264 e. The first kappa shape index (κ1) is 15.8. The second-order valence-corrected chi connectivity index (χ2v) is 4.88. The molecule has 0 spiro atoms. The standard InChI is InChI=1S/C14H18ClN3O3/c1-10-17-14(21-18-10)9-20-13-4-3-12(15)7-11(13)8-16-5-6-19-2/h3-4,7,16H,5-6,8-9H2,1-2H3. The molecule has 2 rings (SSSR count). The van der Waals surface area contributed by atoms with Crippen LogP contribution in [-0.2, 0) is 17.9 Å². The molecular weight excluding hydrogens is 294 g/mol. The zero-order chi connectivity index (χ0) is 15.1. The number of halogens is 1. The molecule has 1 aromatic heterocycles. The van der Waals surface area contributed by atoms with Gasteiger partial charge in [0, 0.05) is 30.8 Å². The second-order valence-electron chi connectivity index (χ2n) is 4.45. The maximum atomic E-state index is 6.03. The fourth-order valence-corrected chi connectivity index (χ4v) is 1.96. The van der Waals surface area contributed by atoms with E-state index in [1.165, 1.54) is 0 Å². The van der Waals surface area contributed by atoms with E-state index in [4.69, 9.17) is 25.6 Å². The average Bonchev–Trinajstić information content (AvgIpc) is 2.88. The van der Waals surface area contributed by atoms with Crippen molar-refractivity contribution < 1.29 is 14.0 Å². The van der Waals surface area contributed by atoms with Crippen molar-refractivity contribution in [1.82, 2.24) is 15.5 Å². The zero-order valence-electron chi connectivity index (χ0n) is 12.1. The van der Waals surface area contributed by atoms with Crippen molar-refractivity contribution in [1.29, 1.82) is 0 Å². The van der Waals surface area contributed by atoms with Crippen LogP contribution >= 0.6 is 11.6 Å². The highest BCUT2D eigenvalue weighted by Crippen LogP contribution is 2.23. The van der Waals surface area contributed by atoms with Crippen molar-refractivity contribution in [3.8, 4) is 5.75 Å². The zero-order valence-corrected chi connectivity index (χ0v) is 12.8. The summed E-state index contributed by atoms with van der Waals surface area (Å²) >= 11 is 6.03. The predicted octanol–water partition coefficient (Wildman–Crippen LogP) is 2.35. The third kappa shape index (κ3) is 5.00. The lowest BCUT2D eigenvalue weighted by molar-refractivity contribution is 0.198. The van der Waals surface area contributed by atoms with Crippen LogP contribution < -0.4 is 10.1 Å². The van der Waals surface area contributed by atoms with Gasteiger partial charge in [0.25, 0.3) is 5.89 Å². The minimum absolute atomic E-state index is 0.230. The van der Waals surface area contributed by atoms with Crippen LogP contribution in [0.4, 0.5) is 0 Å². The minimum Gasteiger partial charge on any atom is -0.483 e. The Labute approximate surface area is 128 Å². The van der Waals surface area contributed by atoms with Gasteiger partial charge in [-0.2, -0.15) is 4.98 Å². The molecule has 21 heavy (non-hydrogen) atoms. The van der Waals surface area contributed by atoms with Crippen LogP contribution in [0.25, 0.3) is 0 Å². The van der Waals surface area contributed by atoms with E-state index in [0.717, 1.165) is 17.9 Å². The lowest BCUT2D eigenvalue weighted by atomic mass is 10.2. The molecule has 1 heterocycles. The molecule has 114 valence electrons. The third-order valence-electron chi connectivity index (χ3n) is 2.74. The molecule has 6 nitrogen and oxygen atoms in total. The van der Waals surface area contributed by atoms with E-state index < -0.39 is 0 Å². The summed E-state index contributed by atoms with van der Waals surface area (Å²) in [6, 6.07) is 5.49. The number of ether oxygens (including phenoxy) is 2. The molecule has 7 heteroatoms. The second kappa shape index (κ2) is 7.97. The van der Waals surface area contributed by atoms with Gasteiger partial charge in [0.2, 0.25) is 0 Å². The van der Waals surface area contributed by atoms with Gasteiger partial charge in [-0.3, -0.25) is 0 Å². The Bertz CT molecular complexity index is 574. The van der Waals surface area contributed by atoms with Crippen molar-refractivity contribution in [2.75, 3.05) is 20.3 Å².